The van der Waals surface area contributed by atoms with Crippen molar-refractivity contribution in [1.29, 1.82) is 0 Å². The van der Waals surface area contributed by atoms with Gasteiger partial charge >= 0.3 is 6.18 Å². The number of carbonyl (C=O) groups excluding carboxylic acids is 1. The van der Waals surface area contributed by atoms with Crippen molar-refractivity contribution in [2.24, 2.45) is 0 Å². The van der Waals surface area contributed by atoms with E-state index in [1.807, 2.05) is 19.1 Å². The van der Waals surface area contributed by atoms with Gasteiger partial charge in [0.2, 0.25) is 0 Å². The summed E-state index contributed by atoms with van der Waals surface area (Å²) in [6, 6.07) is 14.2. The molecule has 1 aliphatic heterocycles. The summed E-state index contributed by atoms with van der Waals surface area (Å²) in [6.07, 6.45) is -3.02. The molecule has 4 nitrogen and oxygen atoms in total. The third kappa shape index (κ3) is 4.32. The van der Waals surface area contributed by atoms with Crippen LogP contribution >= 0.6 is 0 Å². The van der Waals surface area contributed by atoms with Crippen LogP contribution in [-0.2, 0) is 16.3 Å². The van der Waals surface area contributed by atoms with Crippen molar-refractivity contribution in [3.05, 3.63) is 83.2 Å². The molecular formula is C24H21F3N2O2. The number of nitrogens with one attached hydrogen (secondary N) is 1. The van der Waals surface area contributed by atoms with Gasteiger partial charge in [0, 0.05) is 22.2 Å². The lowest BCUT2D eigenvalue weighted by atomic mass is 9.80. The number of amides is 1. The summed E-state index contributed by atoms with van der Waals surface area (Å²) in [7, 11) is 0. The third-order valence-electron chi connectivity index (χ3n) is 5.51. The van der Waals surface area contributed by atoms with E-state index in [1.54, 1.807) is 6.07 Å². The predicted octanol–water partition coefficient (Wildman–Crippen LogP) is 5.62. The van der Waals surface area contributed by atoms with Crippen molar-refractivity contribution in [1.82, 2.24) is 4.98 Å². The molecule has 7 heteroatoms. The predicted molar refractivity (Wildman–Crippen MR) is 112 cm³/mol. The maximum absolute atomic E-state index is 12.9. The largest absolute Gasteiger partial charge is 0.416 e. The molecule has 1 aliphatic rings. The van der Waals surface area contributed by atoms with Crippen molar-refractivity contribution in [3.8, 4) is 11.1 Å². The minimum absolute atomic E-state index is 0.0212. The van der Waals surface area contributed by atoms with Gasteiger partial charge in [-0.05, 0) is 42.3 Å². The van der Waals surface area contributed by atoms with E-state index in [-0.39, 0.29) is 11.0 Å². The average Bonchev–Trinajstić information content (AvgIpc) is 2.73. The summed E-state index contributed by atoms with van der Waals surface area (Å²) >= 11 is 0. The van der Waals surface area contributed by atoms with Gasteiger partial charge in [0.25, 0.3) is 5.91 Å². The number of anilines is 1. The van der Waals surface area contributed by atoms with Crippen LogP contribution in [0.25, 0.3) is 11.1 Å². The first-order valence-electron chi connectivity index (χ1n) is 9.80. The van der Waals surface area contributed by atoms with Crippen LogP contribution in [0.4, 0.5) is 18.9 Å². The highest BCUT2D eigenvalue weighted by Crippen LogP contribution is 2.35. The molecule has 4 rings (SSSR count). The number of rotatable bonds is 4. The lowest BCUT2D eigenvalue weighted by Gasteiger charge is -2.38. The van der Waals surface area contributed by atoms with Gasteiger partial charge in [0.15, 0.2) is 0 Å². The van der Waals surface area contributed by atoms with Gasteiger partial charge in [-0.3, -0.25) is 9.78 Å². The Labute approximate surface area is 178 Å². The highest BCUT2D eigenvalue weighted by molar-refractivity contribution is 6.04. The molecule has 160 valence electrons. The minimum Gasteiger partial charge on any atom is -0.379 e. The summed E-state index contributed by atoms with van der Waals surface area (Å²) in [5.74, 6) is -0.629. The van der Waals surface area contributed by atoms with Crippen molar-refractivity contribution in [2.75, 3.05) is 18.5 Å². The van der Waals surface area contributed by atoms with Crippen molar-refractivity contribution < 1.29 is 22.7 Å². The van der Waals surface area contributed by atoms with E-state index in [0.29, 0.717) is 18.9 Å². The molecular weight excluding hydrogens is 405 g/mol. The summed E-state index contributed by atoms with van der Waals surface area (Å²) in [6.45, 7) is 5.35. The molecule has 2 heterocycles. The standard InChI is InChI=1S/C24H21F3N2O2/c1-15-21(16-5-3-7-18(9-16)23(2)13-31-14-23)11-20(12-28-15)29-22(30)17-6-4-8-19(10-17)24(25,26)27/h3-12H,13-14H2,1-2H3,(H,29,30). The van der Waals surface area contributed by atoms with Crippen molar-refractivity contribution in [3.63, 3.8) is 0 Å². The Balaban J connectivity index is 1.60. The number of halogens is 3. The first kappa shape index (κ1) is 21.1. The first-order chi connectivity index (χ1) is 14.7. The first-order valence-corrected chi connectivity index (χ1v) is 9.80. The summed E-state index contributed by atoms with van der Waals surface area (Å²) < 4.78 is 44.2. The van der Waals surface area contributed by atoms with Crippen LogP contribution in [0.3, 0.4) is 0 Å². The van der Waals surface area contributed by atoms with Crippen LogP contribution in [0.1, 0.15) is 34.1 Å². The number of aromatic nitrogens is 1. The lowest BCUT2D eigenvalue weighted by molar-refractivity contribution is -0.137. The summed E-state index contributed by atoms with van der Waals surface area (Å²) in [4.78, 5) is 16.9. The second-order valence-electron chi connectivity index (χ2n) is 8.02. The Kier molecular flexibility index (Phi) is 5.31. The number of alkyl halides is 3. The molecule has 0 radical (unpaired) electrons. The second kappa shape index (κ2) is 7.81. The fraction of sp³-hybridized carbons (Fsp3) is 0.250. The number of aryl methyl sites for hydroxylation is 1. The maximum Gasteiger partial charge on any atom is 0.416 e. The van der Waals surface area contributed by atoms with E-state index >= 15 is 0 Å². The normalized spacial score (nSPS) is 15.3. The number of nitrogens with zero attached hydrogens (tertiary/aromatic N) is 1. The van der Waals surface area contributed by atoms with Gasteiger partial charge in [-0.1, -0.05) is 37.3 Å². The molecule has 1 amide bonds. The van der Waals surface area contributed by atoms with Gasteiger partial charge in [-0.2, -0.15) is 13.2 Å². The van der Waals surface area contributed by atoms with Gasteiger partial charge in [-0.15, -0.1) is 0 Å². The number of ether oxygens (including phenoxy) is 1. The fourth-order valence-electron chi connectivity index (χ4n) is 3.57. The minimum atomic E-state index is -4.51. The highest BCUT2D eigenvalue weighted by Gasteiger charge is 2.35. The van der Waals surface area contributed by atoms with Gasteiger partial charge < -0.3 is 10.1 Å². The lowest BCUT2D eigenvalue weighted by Crippen LogP contribution is -2.43. The maximum atomic E-state index is 12.9. The van der Waals surface area contributed by atoms with Crippen LogP contribution in [0.15, 0.2) is 60.8 Å². The molecule has 1 fully saturated rings. The van der Waals surface area contributed by atoms with E-state index < -0.39 is 17.6 Å². The molecule has 0 spiro atoms. The Morgan fingerprint density at radius 2 is 1.84 bits per heavy atom. The van der Waals surface area contributed by atoms with E-state index in [9.17, 15) is 18.0 Å². The molecule has 0 saturated carbocycles. The van der Waals surface area contributed by atoms with Gasteiger partial charge in [0.05, 0.1) is 30.7 Å². The Morgan fingerprint density at radius 1 is 1.10 bits per heavy atom. The van der Waals surface area contributed by atoms with Gasteiger partial charge in [-0.25, -0.2) is 0 Å². The number of carbonyl (C=O) groups is 1. The van der Waals surface area contributed by atoms with E-state index in [4.69, 9.17) is 4.74 Å². The zero-order chi connectivity index (χ0) is 22.2. The molecule has 0 atom stereocenters. The zero-order valence-corrected chi connectivity index (χ0v) is 17.1. The topological polar surface area (TPSA) is 51.2 Å². The highest BCUT2D eigenvalue weighted by atomic mass is 19.4. The van der Waals surface area contributed by atoms with Crippen LogP contribution in [0.5, 0.6) is 0 Å². The number of benzene rings is 2. The monoisotopic (exact) mass is 426 g/mol. The number of hydrogen-bond donors (Lipinski definition) is 1. The van der Waals surface area contributed by atoms with E-state index in [0.717, 1.165) is 34.5 Å². The van der Waals surface area contributed by atoms with Crippen LogP contribution in [-0.4, -0.2) is 24.1 Å². The van der Waals surface area contributed by atoms with Crippen LogP contribution < -0.4 is 5.32 Å². The van der Waals surface area contributed by atoms with E-state index in [1.165, 1.54) is 18.3 Å². The van der Waals surface area contributed by atoms with Gasteiger partial charge in [0.1, 0.15) is 0 Å². The molecule has 1 N–H and O–H groups in total. The molecule has 31 heavy (non-hydrogen) atoms. The molecule has 3 aromatic rings. The molecule has 1 saturated heterocycles. The average molecular weight is 426 g/mol. The van der Waals surface area contributed by atoms with E-state index in [2.05, 4.69) is 29.4 Å². The Bertz CT molecular complexity index is 1140. The Morgan fingerprint density at radius 3 is 2.52 bits per heavy atom. The van der Waals surface area contributed by atoms with Crippen LogP contribution in [0.2, 0.25) is 0 Å². The van der Waals surface area contributed by atoms with Crippen molar-refractivity contribution >= 4 is 11.6 Å². The molecule has 0 unspecified atom stereocenters. The van der Waals surface area contributed by atoms with Crippen LogP contribution in [0, 0.1) is 6.92 Å². The summed E-state index contributed by atoms with van der Waals surface area (Å²) in [5, 5.41) is 2.65. The summed E-state index contributed by atoms with van der Waals surface area (Å²) in [5.41, 5.74) is 3.18. The van der Waals surface area contributed by atoms with Crippen molar-refractivity contribution in [2.45, 2.75) is 25.4 Å². The number of hydrogen-bond acceptors (Lipinski definition) is 3. The third-order valence-corrected chi connectivity index (χ3v) is 5.51. The zero-order valence-electron chi connectivity index (χ0n) is 17.1. The molecule has 0 aliphatic carbocycles. The Hall–Kier alpha value is -3.19. The molecule has 0 bridgehead atoms. The molecule has 2 aromatic carbocycles. The second-order valence-corrected chi connectivity index (χ2v) is 8.02. The quantitative estimate of drug-likeness (QED) is 0.590. The SMILES string of the molecule is Cc1ncc(NC(=O)c2cccc(C(F)(F)F)c2)cc1-c1cccc(C2(C)COC2)c1. The number of pyridine rings is 1. The smallest absolute Gasteiger partial charge is 0.379 e. The fourth-order valence-corrected chi connectivity index (χ4v) is 3.57. The molecule has 1 aromatic heterocycles.